The summed E-state index contributed by atoms with van der Waals surface area (Å²) in [4.78, 5) is 0. The van der Waals surface area contributed by atoms with Gasteiger partial charge in [-0.3, -0.25) is 4.68 Å². The number of fused-ring (bicyclic) bond motifs is 1. The van der Waals surface area contributed by atoms with Crippen LogP contribution in [-0.4, -0.2) is 16.8 Å². The Morgan fingerprint density at radius 3 is 2.95 bits per heavy atom. The molecule has 0 spiro atoms. The molecular weight excluding hydrogens is 234 g/mol. The highest BCUT2D eigenvalue weighted by Gasteiger charge is 2.28. The second kappa shape index (κ2) is 5.17. The number of aromatic nitrogens is 2. The van der Waals surface area contributed by atoms with Crippen molar-refractivity contribution in [2.24, 2.45) is 13.0 Å². The number of rotatable bonds is 3. The minimum Gasteiger partial charge on any atom is -0.313 e. The zero-order valence-electron chi connectivity index (χ0n) is 11.6. The van der Waals surface area contributed by atoms with E-state index in [1.165, 1.54) is 29.5 Å². The highest BCUT2D eigenvalue weighted by atomic mass is 15.2. The van der Waals surface area contributed by atoms with Gasteiger partial charge in [0, 0.05) is 19.3 Å². The van der Waals surface area contributed by atoms with Gasteiger partial charge >= 0.3 is 0 Å². The van der Waals surface area contributed by atoms with Crippen LogP contribution in [0.3, 0.4) is 0 Å². The van der Waals surface area contributed by atoms with Crippen molar-refractivity contribution < 1.29 is 0 Å². The molecular formula is C16H21N3. The minimum atomic E-state index is 0.463. The third kappa shape index (κ3) is 2.43. The molecule has 2 atom stereocenters. The Morgan fingerprint density at radius 2 is 2.21 bits per heavy atom. The van der Waals surface area contributed by atoms with E-state index >= 15 is 0 Å². The highest BCUT2D eigenvalue weighted by Crippen LogP contribution is 2.35. The monoisotopic (exact) mass is 255 g/mol. The molecule has 1 heterocycles. The summed E-state index contributed by atoms with van der Waals surface area (Å²) in [6, 6.07) is 9.29. The molecule has 3 rings (SSSR count). The molecule has 2 unspecified atom stereocenters. The van der Waals surface area contributed by atoms with Crippen LogP contribution in [0.2, 0.25) is 0 Å². The first-order valence-electron chi connectivity index (χ1n) is 7.00. The van der Waals surface area contributed by atoms with Crippen LogP contribution in [0.5, 0.6) is 0 Å². The van der Waals surface area contributed by atoms with E-state index in [1.807, 2.05) is 17.9 Å². The summed E-state index contributed by atoms with van der Waals surface area (Å²) >= 11 is 0. The van der Waals surface area contributed by atoms with Gasteiger partial charge in [-0.15, -0.1) is 0 Å². The van der Waals surface area contributed by atoms with Gasteiger partial charge in [0.05, 0.1) is 6.20 Å². The minimum absolute atomic E-state index is 0.463. The smallest absolute Gasteiger partial charge is 0.0521 e. The molecule has 0 bridgehead atoms. The lowest BCUT2D eigenvalue weighted by molar-refractivity contribution is 0.335. The number of nitrogens with zero attached hydrogens (tertiary/aromatic N) is 2. The summed E-state index contributed by atoms with van der Waals surface area (Å²) in [5, 5.41) is 7.78. The molecule has 19 heavy (non-hydrogen) atoms. The van der Waals surface area contributed by atoms with Crippen LogP contribution in [-0.2, 0) is 19.9 Å². The Kier molecular flexibility index (Phi) is 3.38. The van der Waals surface area contributed by atoms with E-state index in [1.54, 1.807) is 0 Å². The number of benzene rings is 1. The van der Waals surface area contributed by atoms with Crippen LogP contribution < -0.4 is 5.32 Å². The van der Waals surface area contributed by atoms with Crippen molar-refractivity contribution in [3.63, 3.8) is 0 Å². The number of hydrogen-bond donors (Lipinski definition) is 1. The summed E-state index contributed by atoms with van der Waals surface area (Å²) in [5.74, 6) is 0.657. The predicted octanol–water partition coefficient (Wildman–Crippen LogP) is 2.49. The molecule has 0 saturated carbocycles. The van der Waals surface area contributed by atoms with Crippen molar-refractivity contribution in [3.05, 3.63) is 53.3 Å². The van der Waals surface area contributed by atoms with Gasteiger partial charge < -0.3 is 5.32 Å². The summed E-state index contributed by atoms with van der Waals surface area (Å²) in [7, 11) is 4.05. The van der Waals surface area contributed by atoms with Gasteiger partial charge in [-0.1, -0.05) is 24.3 Å². The lowest BCUT2D eigenvalue weighted by Gasteiger charge is -2.33. The molecule has 0 amide bonds. The van der Waals surface area contributed by atoms with Gasteiger partial charge in [0.25, 0.3) is 0 Å². The quantitative estimate of drug-likeness (QED) is 0.913. The maximum atomic E-state index is 4.27. The van der Waals surface area contributed by atoms with E-state index < -0.39 is 0 Å². The van der Waals surface area contributed by atoms with Crippen molar-refractivity contribution in [3.8, 4) is 0 Å². The third-order valence-electron chi connectivity index (χ3n) is 4.21. The molecule has 1 aliphatic carbocycles. The van der Waals surface area contributed by atoms with Crippen molar-refractivity contribution in [2.45, 2.75) is 25.3 Å². The van der Waals surface area contributed by atoms with Gasteiger partial charge in [-0.05, 0) is 48.9 Å². The molecule has 3 heteroatoms. The second-order valence-electron chi connectivity index (χ2n) is 5.49. The van der Waals surface area contributed by atoms with E-state index in [2.05, 4.69) is 47.9 Å². The second-order valence-corrected chi connectivity index (χ2v) is 5.49. The average molecular weight is 255 g/mol. The zero-order valence-corrected chi connectivity index (χ0v) is 11.6. The topological polar surface area (TPSA) is 29.9 Å². The first-order valence-corrected chi connectivity index (χ1v) is 7.00. The number of aryl methyl sites for hydroxylation is 2. The van der Waals surface area contributed by atoms with Gasteiger partial charge in [-0.25, -0.2) is 0 Å². The third-order valence-corrected chi connectivity index (χ3v) is 4.21. The number of hydrogen-bond acceptors (Lipinski definition) is 2. The highest BCUT2D eigenvalue weighted by molar-refractivity contribution is 5.33. The molecule has 0 saturated heterocycles. The zero-order chi connectivity index (χ0) is 13.2. The van der Waals surface area contributed by atoms with Gasteiger partial charge in [0.1, 0.15) is 0 Å². The normalized spacial score (nSPS) is 22.2. The maximum Gasteiger partial charge on any atom is 0.0521 e. The van der Waals surface area contributed by atoms with Crippen LogP contribution in [0.25, 0.3) is 0 Å². The number of nitrogens with one attached hydrogen (secondary N) is 1. The Labute approximate surface area is 114 Å². The lowest BCUT2D eigenvalue weighted by atomic mass is 9.77. The maximum absolute atomic E-state index is 4.27. The first kappa shape index (κ1) is 12.4. The summed E-state index contributed by atoms with van der Waals surface area (Å²) < 4.78 is 1.89. The van der Waals surface area contributed by atoms with Crippen LogP contribution in [0.4, 0.5) is 0 Å². The molecule has 2 aromatic rings. The van der Waals surface area contributed by atoms with Crippen molar-refractivity contribution in [1.29, 1.82) is 0 Å². The molecule has 1 aromatic heterocycles. The Bertz CT molecular complexity index is 559. The fourth-order valence-electron chi connectivity index (χ4n) is 3.32. The SMILES string of the molecule is CNC1c2ccccc2CCC1Cc1cnn(C)c1. The molecule has 0 aliphatic heterocycles. The molecule has 100 valence electrons. The summed E-state index contributed by atoms with van der Waals surface area (Å²) in [6.07, 6.45) is 7.67. The van der Waals surface area contributed by atoms with E-state index in [0.29, 0.717) is 12.0 Å². The Balaban J connectivity index is 1.84. The Hall–Kier alpha value is -1.61. The fraction of sp³-hybridized carbons (Fsp3) is 0.438. The summed E-state index contributed by atoms with van der Waals surface area (Å²) in [6.45, 7) is 0. The largest absolute Gasteiger partial charge is 0.313 e. The van der Waals surface area contributed by atoms with Gasteiger partial charge in [0.15, 0.2) is 0 Å². The lowest BCUT2D eigenvalue weighted by Crippen LogP contribution is -2.31. The molecule has 1 aromatic carbocycles. The average Bonchev–Trinajstić information content (AvgIpc) is 2.84. The van der Waals surface area contributed by atoms with Crippen molar-refractivity contribution in [2.75, 3.05) is 7.05 Å². The van der Waals surface area contributed by atoms with Gasteiger partial charge in [-0.2, -0.15) is 5.10 Å². The fourth-order valence-corrected chi connectivity index (χ4v) is 3.32. The molecule has 0 fully saturated rings. The van der Waals surface area contributed by atoms with E-state index in [0.717, 1.165) is 6.42 Å². The van der Waals surface area contributed by atoms with Gasteiger partial charge in [0.2, 0.25) is 0 Å². The van der Waals surface area contributed by atoms with E-state index in [4.69, 9.17) is 0 Å². The van der Waals surface area contributed by atoms with E-state index in [-0.39, 0.29) is 0 Å². The van der Waals surface area contributed by atoms with E-state index in [9.17, 15) is 0 Å². The predicted molar refractivity (Wildman–Crippen MR) is 77.0 cm³/mol. The van der Waals surface area contributed by atoms with Crippen LogP contribution in [0.15, 0.2) is 36.7 Å². The van der Waals surface area contributed by atoms with Crippen molar-refractivity contribution in [1.82, 2.24) is 15.1 Å². The standard InChI is InChI=1S/C16H21N3/c1-17-16-14(9-12-10-18-19(2)11-12)8-7-13-5-3-4-6-15(13)16/h3-6,10-11,14,16-17H,7-9H2,1-2H3. The van der Waals surface area contributed by atoms with Crippen LogP contribution >= 0.6 is 0 Å². The first-order chi connectivity index (χ1) is 9.28. The summed E-state index contributed by atoms with van der Waals surface area (Å²) in [5.41, 5.74) is 4.32. The molecule has 3 nitrogen and oxygen atoms in total. The van der Waals surface area contributed by atoms with Crippen molar-refractivity contribution >= 4 is 0 Å². The molecule has 0 radical (unpaired) electrons. The van der Waals surface area contributed by atoms with Crippen LogP contribution in [0, 0.1) is 5.92 Å². The molecule has 1 N–H and O–H groups in total. The molecule has 1 aliphatic rings. The van der Waals surface area contributed by atoms with Crippen LogP contribution in [0.1, 0.15) is 29.2 Å². The Morgan fingerprint density at radius 1 is 1.37 bits per heavy atom.